The number of amides is 1. The van der Waals surface area contributed by atoms with Crippen LogP contribution in [0.4, 0.5) is 5.82 Å². The molecule has 1 N–H and O–H groups in total. The van der Waals surface area contributed by atoms with E-state index in [4.69, 9.17) is 0 Å². The lowest BCUT2D eigenvalue weighted by Crippen LogP contribution is -2.33. The van der Waals surface area contributed by atoms with Crippen molar-refractivity contribution >= 4 is 11.7 Å². The van der Waals surface area contributed by atoms with Gasteiger partial charge in [-0.3, -0.25) is 9.48 Å². The fourth-order valence-electron chi connectivity index (χ4n) is 2.10. The Balaban J connectivity index is 1.85. The molecule has 22 heavy (non-hydrogen) atoms. The molecule has 1 amide bonds. The molecule has 0 fully saturated rings. The van der Waals surface area contributed by atoms with Gasteiger partial charge in [0.1, 0.15) is 6.04 Å². The van der Waals surface area contributed by atoms with E-state index in [0.717, 1.165) is 6.42 Å². The van der Waals surface area contributed by atoms with E-state index in [1.807, 2.05) is 12.3 Å². The van der Waals surface area contributed by atoms with Gasteiger partial charge in [-0.2, -0.15) is 9.78 Å². The van der Waals surface area contributed by atoms with E-state index in [1.54, 1.807) is 24.7 Å². The van der Waals surface area contributed by atoms with Gasteiger partial charge in [-0.1, -0.05) is 0 Å². The molecule has 1 unspecified atom stereocenters. The lowest BCUT2D eigenvalue weighted by atomic mass is 10.3. The average molecular weight is 306 g/mol. The highest BCUT2D eigenvalue weighted by molar-refractivity contribution is 5.79. The van der Waals surface area contributed by atoms with Crippen molar-refractivity contribution in [2.45, 2.75) is 32.9 Å². The number of aryl methyl sites for hydroxylation is 2. The van der Waals surface area contributed by atoms with Gasteiger partial charge in [0.2, 0.25) is 5.91 Å². The molecule has 0 aromatic carbocycles. The SMILES string of the molecule is Cc1cc([N+](=O)[O-])nn1C(C)C(=O)NCCCn1cccn1. The molecule has 0 saturated carbocycles. The first kappa shape index (κ1) is 15.7. The average Bonchev–Trinajstić information content (AvgIpc) is 3.12. The van der Waals surface area contributed by atoms with Gasteiger partial charge in [0.15, 0.2) is 0 Å². The zero-order valence-corrected chi connectivity index (χ0v) is 12.5. The Bertz CT molecular complexity index is 649. The Morgan fingerprint density at radius 3 is 2.91 bits per heavy atom. The summed E-state index contributed by atoms with van der Waals surface area (Å²) in [6.45, 7) is 4.56. The predicted octanol–water partition coefficient (Wildman–Crippen LogP) is 1.06. The minimum absolute atomic E-state index is 0.221. The zero-order chi connectivity index (χ0) is 16.1. The summed E-state index contributed by atoms with van der Waals surface area (Å²) in [6.07, 6.45) is 4.31. The minimum Gasteiger partial charge on any atom is -0.358 e. The van der Waals surface area contributed by atoms with Gasteiger partial charge in [-0.15, -0.1) is 0 Å². The molecule has 2 aromatic rings. The van der Waals surface area contributed by atoms with E-state index in [0.29, 0.717) is 18.8 Å². The molecular formula is C13H18N6O3. The highest BCUT2D eigenvalue weighted by Gasteiger charge is 2.24. The van der Waals surface area contributed by atoms with Crippen molar-refractivity contribution in [3.8, 4) is 0 Å². The van der Waals surface area contributed by atoms with Crippen molar-refractivity contribution in [2.24, 2.45) is 0 Å². The standard InChI is InChI=1S/C13H18N6O3/c1-10-9-12(19(21)22)16-18(10)11(2)13(20)14-5-3-7-17-8-4-6-15-17/h4,6,8-9,11H,3,5,7H2,1-2H3,(H,14,20). The van der Waals surface area contributed by atoms with Crippen LogP contribution in [0, 0.1) is 17.0 Å². The summed E-state index contributed by atoms with van der Waals surface area (Å²) in [4.78, 5) is 22.2. The normalized spacial score (nSPS) is 12.1. The smallest absolute Gasteiger partial charge is 0.358 e. The van der Waals surface area contributed by atoms with Crippen molar-refractivity contribution < 1.29 is 9.72 Å². The maximum Gasteiger partial charge on any atom is 0.390 e. The lowest BCUT2D eigenvalue weighted by Gasteiger charge is -2.11. The van der Waals surface area contributed by atoms with Crippen molar-refractivity contribution in [1.29, 1.82) is 0 Å². The van der Waals surface area contributed by atoms with E-state index in [1.165, 1.54) is 10.7 Å². The Morgan fingerprint density at radius 2 is 2.32 bits per heavy atom. The number of hydrogen-bond donors (Lipinski definition) is 1. The van der Waals surface area contributed by atoms with Crippen LogP contribution in [0.25, 0.3) is 0 Å². The summed E-state index contributed by atoms with van der Waals surface area (Å²) in [5.74, 6) is -0.475. The largest absolute Gasteiger partial charge is 0.390 e. The van der Waals surface area contributed by atoms with E-state index in [2.05, 4.69) is 15.5 Å². The fraction of sp³-hybridized carbons (Fsp3) is 0.462. The molecule has 1 atom stereocenters. The maximum absolute atomic E-state index is 12.1. The second-order valence-corrected chi connectivity index (χ2v) is 4.94. The molecule has 2 rings (SSSR count). The van der Waals surface area contributed by atoms with Crippen LogP contribution < -0.4 is 5.32 Å². The van der Waals surface area contributed by atoms with Gasteiger partial charge in [-0.25, -0.2) is 0 Å². The Morgan fingerprint density at radius 1 is 1.55 bits per heavy atom. The van der Waals surface area contributed by atoms with E-state index in [9.17, 15) is 14.9 Å². The van der Waals surface area contributed by atoms with Crippen LogP contribution in [-0.4, -0.2) is 36.9 Å². The summed E-state index contributed by atoms with van der Waals surface area (Å²) in [6, 6.07) is 2.59. The quantitative estimate of drug-likeness (QED) is 0.467. The first-order chi connectivity index (χ1) is 10.5. The van der Waals surface area contributed by atoms with Crippen molar-refractivity contribution in [3.63, 3.8) is 0 Å². The van der Waals surface area contributed by atoms with Crippen molar-refractivity contribution in [3.05, 3.63) is 40.3 Å². The molecule has 0 radical (unpaired) electrons. The third-order valence-corrected chi connectivity index (χ3v) is 3.27. The van der Waals surface area contributed by atoms with Crippen molar-refractivity contribution in [1.82, 2.24) is 24.9 Å². The first-order valence-electron chi connectivity index (χ1n) is 6.94. The number of carbonyl (C=O) groups is 1. The van der Waals surface area contributed by atoms with Crippen LogP contribution in [0.3, 0.4) is 0 Å². The zero-order valence-electron chi connectivity index (χ0n) is 12.5. The molecule has 0 aliphatic rings. The molecule has 118 valence electrons. The van der Waals surface area contributed by atoms with Crippen LogP contribution in [0.2, 0.25) is 0 Å². The monoisotopic (exact) mass is 306 g/mol. The number of nitrogens with one attached hydrogen (secondary N) is 1. The second kappa shape index (κ2) is 6.83. The van der Waals surface area contributed by atoms with Crippen molar-refractivity contribution in [2.75, 3.05) is 6.54 Å². The number of carbonyl (C=O) groups excluding carboxylic acids is 1. The van der Waals surface area contributed by atoms with Gasteiger partial charge in [0, 0.05) is 25.5 Å². The van der Waals surface area contributed by atoms with E-state index in [-0.39, 0.29) is 11.7 Å². The van der Waals surface area contributed by atoms with Crippen LogP contribution in [0.1, 0.15) is 25.1 Å². The Hall–Kier alpha value is -2.71. The molecule has 0 saturated heterocycles. The fourth-order valence-corrected chi connectivity index (χ4v) is 2.10. The maximum atomic E-state index is 12.1. The number of aromatic nitrogens is 4. The lowest BCUT2D eigenvalue weighted by molar-refractivity contribution is -0.389. The third kappa shape index (κ3) is 3.68. The molecular weight excluding hydrogens is 288 g/mol. The number of rotatable bonds is 7. The van der Waals surface area contributed by atoms with Crippen LogP contribution >= 0.6 is 0 Å². The minimum atomic E-state index is -0.599. The summed E-state index contributed by atoms with van der Waals surface area (Å²) in [7, 11) is 0. The van der Waals surface area contributed by atoms with E-state index >= 15 is 0 Å². The molecule has 9 nitrogen and oxygen atoms in total. The second-order valence-electron chi connectivity index (χ2n) is 4.94. The van der Waals surface area contributed by atoms with Gasteiger partial charge in [-0.05, 0) is 31.3 Å². The van der Waals surface area contributed by atoms with Gasteiger partial charge < -0.3 is 15.4 Å². The van der Waals surface area contributed by atoms with Crippen LogP contribution in [0.15, 0.2) is 24.5 Å². The molecule has 0 spiro atoms. The van der Waals surface area contributed by atoms with Crippen LogP contribution in [-0.2, 0) is 11.3 Å². The highest BCUT2D eigenvalue weighted by atomic mass is 16.6. The van der Waals surface area contributed by atoms with Gasteiger partial charge in [0.05, 0.1) is 16.9 Å². The predicted molar refractivity (Wildman–Crippen MR) is 78.2 cm³/mol. The number of hydrogen-bond acceptors (Lipinski definition) is 5. The Kier molecular flexibility index (Phi) is 4.87. The molecule has 0 bridgehead atoms. The summed E-state index contributed by atoms with van der Waals surface area (Å²) in [5.41, 5.74) is 0.575. The number of nitro groups is 1. The molecule has 0 aliphatic carbocycles. The molecule has 0 aliphatic heterocycles. The van der Waals surface area contributed by atoms with Gasteiger partial charge >= 0.3 is 5.82 Å². The Labute approximate surface area is 127 Å². The highest BCUT2D eigenvalue weighted by Crippen LogP contribution is 2.15. The molecule has 2 heterocycles. The molecule has 2 aromatic heterocycles. The summed E-state index contributed by atoms with van der Waals surface area (Å²) >= 11 is 0. The van der Waals surface area contributed by atoms with Crippen LogP contribution in [0.5, 0.6) is 0 Å². The first-order valence-corrected chi connectivity index (χ1v) is 6.94. The summed E-state index contributed by atoms with van der Waals surface area (Å²) < 4.78 is 3.15. The molecule has 9 heteroatoms. The third-order valence-electron chi connectivity index (χ3n) is 3.27. The number of nitrogens with zero attached hydrogens (tertiary/aromatic N) is 5. The van der Waals surface area contributed by atoms with E-state index < -0.39 is 11.0 Å². The topological polar surface area (TPSA) is 108 Å². The summed E-state index contributed by atoms with van der Waals surface area (Å²) in [5, 5.41) is 21.4. The van der Waals surface area contributed by atoms with Gasteiger partial charge in [0.25, 0.3) is 0 Å².